The van der Waals surface area contributed by atoms with Crippen LogP contribution in [0, 0.1) is 17.6 Å². The number of benzene rings is 1. The second kappa shape index (κ2) is 7.51. The Morgan fingerprint density at radius 1 is 1.22 bits per heavy atom. The number of amides is 1. The molecule has 1 aromatic carbocycles. The summed E-state index contributed by atoms with van der Waals surface area (Å²) in [6.07, 6.45) is -0.476. The van der Waals surface area contributed by atoms with Crippen molar-refractivity contribution in [1.82, 2.24) is 10.4 Å². The molecule has 3 rings (SSSR count). The largest absolute Gasteiger partial charge is 0.314 e. The highest BCUT2D eigenvalue weighted by molar-refractivity contribution is 5.85. The van der Waals surface area contributed by atoms with Crippen LogP contribution in [0.4, 0.5) is 13.2 Å². The molecule has 0 bridgehead atoms. The summed E-state index contributed by atoms with van der Waals surface area (Å²) >= 11 is 0. The predicted molar refractivity (Wildman–Crippen MR) is 79.6 cm³/mol. The number of halogens is 4. The van der Waals surface area contributed by atoms with Gasteiger partial charge in [0.05, 0.1) is 18.6 Å². The molecule has 2 heterocycles. The van der Waals surface area contributed by atoms with Gasteiger partial charge in [0.25, 0.3) is 5.91 Å². The lowest BCUT2D eigenvalue weighted by Crippen LogP contribution is -2.46. The minimum Gasteiger partial charge on any atom is -0.314 e. The maximum absolute atomic E-state index is 13.9. The Morgan fingerprint density at radius 2 is 1.91 bits per heavy atom. The van der Waals surface area contributed by atoms with Gasteiger partial charge in [-0.3, -0.25) is 9.63 Å². The van der Waals surface area contributed by atoms with Gasteiger partial charge in [-0.2, -0.15) is 0 Å². The summed E-state index contributed by atoms with van der Waals surface area (Å²) in [5, 5.41) is 3.98. The lowest BCUT2D eigenvalue weighted by atomic mass is 9.94. The number of hydrogen-bond donors (Lipinski definition) is 1. The van der Waals surface area contributed by atoms with Crippen LogP contribution in [0.2, 0.25) is 0 Å². The molecule has 0 spiro atoms. The topological polar surface area (TPSA) is 41.6 Å². The molecule has 4 nitrogen and oxygen atoms in total. The van der Waals surface area contributed by atoms with Crippen LogP contribution < -0.4 is 5.32 Å². The summed E-state index contributed by atoms with van der Waals surface area (Å²) in [4.78, 5) is 17.8. The van der Waals surface area contributed by atoms with E-state index in [0.717, 1.165) is 11.1 Å². The molecule has 1 amide bonds. The van der Waals surface area contributed by atoms with Crippen molar-refractivity contribution in [3.05, 3.63) is 35.4 Å². The van der Waals surface area contributed by atoms with Crippen molar-refractivity contribution in [2.24, 2.45) is 5.92 Å². The highest BCUT2D eigenvalue weighted by Crippen LogP contribution is 2.34. The first kappa shape index (κ1) is 18.0. The van der Waals surface area contributed by atoms with Crippen LogP contribution in [-0.2, 0) is 9.63 Å². The van der Waals surface area contributed by atoms with E-state index in [0.29, 0.717) is 24.9 Å². The molecule has 0 aliphatic carbocycles. The molecule has 0 saturated carbocycles. The van der Waals surface area contributed by atoms with E-state index in [1.165, 1.54) is 12.1 Å². The van der Waals surface area contributed by atoms with Gasteiger partial charge < -0.3 is 5.32 Å². The van der Waals surface area contributed by atoms with E-state index in [9.17, 15) is 18.0 Å². The van der Waals surface area contributed by atoms with Gasteiger partial charge in [0.1, 0.15) is 17.8 Å². The number of carbonyl (C=O) groups excluding carboxylic acids is 1. The van der Waals surface area contributed by atoms with Crippen LogP contribution >= 0.6 is 12.4 Å². The lowest BCUT2D eigenvalue weighted by molar-refractivity contribution is -0.184. The predicted octanol–water partition coefficient (Wildman–Crippen LogP) is 2.54. The van der Waals surface area contributed by atoms with E-state index in [-0.39, 0.29) is 25.6 Å². The van der Waals surface area contributed by atoms with E-state index in [2.05, 4.69) is 5.32 Å². The van der Waals surface area contributed by atoms with Gasteiger partial charge in [-0.15, -0.1) is 12.4 Å². The zero-order valence-corrected chi connectivity index (χ0v) is 13.1. The summed E-state index contributed by atoms with van der Waals surface area (Å²) in [5.41, 5.74) is 0.327. The van der Waals surface area contributed by atoms with E-state index in [1.54, 1.807) is 0 Å². The summed E-state index contributed by atoms with van der Waals surface area (Å²) < 4.78 is 40.7. The first-order chi connectivity index (χ1) is 10.6. The zero-order chi connectivity index (χ0) is 15.7. The summed E-state index contributed by atoms with van der Waals surface area (Å²) in [6.45, 7) is 0.948. The van der Waals surface area contributed by atoms with Crippen molar-refractivity contribution in [1.29, 1.82) is 0 Å². The fraction of sp³-hybridized carbons (Fsp3) is 0.533. The molecule has 2 aliphatic heterocycles. The molecule has 23 heavy (non-hydrogen) atoms. The van der Waals surface area contributed by atoms with Crippen LogP contribution in [0.3, 0.4) is 0 Å². The monoisotopic (exact) mass is 350 g/mol. The Kier molecular flexibility index (Phi) is 5.89. The summed E-state index contributed by atoms with van der Waals surface area (Å²) in [5.74, 6) is -2.65. The number of nitrogens with one attached hydrogen (secondary N) is 1. The lowest BCUT2D eigenvalue weighted by Gasteiger charge is -2.31. The number of carbonyl (C=O) groups is 1. The van der Waals surface area contributed by atoms with Gasteiger partial charge in [0, 0.05) is 19.0 Å². The van der Waals surface area contributed by atoms with E-state index in [4.69, 9.17) is 4.84 Å². The van der Waals surface area contributed by atoms with Crippen molar-refractivity contribution in [3.8, 4) is 0 Å². The molecule has 0 radical (unpaired) electrons. The Hall–Kier alpha value is -1.31. The molecule has 3 atom stereocenters. The Bertz CT molecular complexity index is 555. The third-order valence-electron chi connectivity index (χ3n) is 4.12. The van der Waals surface area contributed by atoms with E-state index >= 15 is 0 Å². The zero-order valence-electron chi connectivity index (χ0n) is 12.3. The standard InChI is InChI=1S/C15H17F3N2O2.ClH/c16-10-5-9(6-11(17)7-10)14-2-4-22-20(14)15(21)12-1-3-19-8-13(12)18;/h5-7,12-14,19H,1-4,8H2;1H/t12-,13+,14?;/m0./s1. The van der Waals surface area contributed by atoms with Crippen LogP contribution in [0.15, 0.2) is 18.2 Å². The average Bonchev–Trinajstić information content (AvgIpc) is 2.95. The second-order valence-electron chi connectivity index (χ2n) is 5.62. The fourth-order valence-corrected chi connectivity index (χ4v) is 3.02. The third-order valence-corrected chi connectivity index (χ3v) is 4.12. The number of hydroxylamine groups is 2. The van der Waals surface area contributed by atoms with Gasteiger partial charge in [-0.25, -0.2) is 18.2 Å². The van der Waals surface area contributed by atoms with Crippen LogP contribution in [-0.4, -0.2) is 36.8 Å². The first-order valence-electron chi connectivity index (χ1n) is 7.33. The van der Waals surface area contributed by atoms with Gasteiger partial charge >= 0.3 is 0 Å². The second-order valence-corrected chi connectivity index (χ2v) is 5.62. The molecule has 1 unspecified atom stereocenters. The summed E-state index contributed by atoms with van der Waals surface area (Å²) in [6, 6.07) is 2.55. The average molecular weight is 351 g/mol. The van der Waals surface area contributed by atoms with Crippen molar-refractivity contribution in [2.75, 3.05) is 19.7 Å². The molecule has 128 valence electrons. The van der Waals surface area contributed by atoms with Gasteiger partial charge in [-0.05, 0) is 30.7 Å². The van der Waals surface area contributed by atoms with Crippen molar-refractivity contribution >= 4 is 18.3 Å². The molecular formula is C15H18ClF3N2O2. The molecule has 1 aromatic rings. The highest BCUT2D eigenvalue weighted by atomic mass is 35.5. The van der Waals surface area contributed by atoms with Gasteiger partial charge in [0.15, 0.2) is 0 Å². The molecule has 0 aromatic heterocycles. The van der Waals surface area contributed by atoms with Gasteiger partial charge in [0.2, 0.25) is 0 Å². The molecule has 2 aliphatic rings. The third kappa shape index (κ3) is 3.79. The van der Waals surface area contributed by atoms with Gasteiger partial charge in [-0.1, -0.05) is 0 Å². The Labute approximate surface area is 138 Å². The summed E-state index contributed by atoms with van der Waals surface area (Å²) in [7, 11) is 0. The highest BCUT2D eigenvalue weighted by Gasteiger charge is 2.40. The van der Waals surface area contributed by atoms with Crippen molar-refractivity contribution in [3.63, 3.8) is 0 Å². The van der Waals surface area contributed by atoms with Crippen LogP contribution in [0.1, 0.15) is 24.4 Å². The van der Waals surface area contributed by atoms with Crippen LogP contribution in [0.5, 0.6) is 0 Å². The Morgan fingerprint density at radius 3 is 2.57 bits per heavy atom. The molecule has 1 N–H and O–H groups in total. The minimum absolute atomic E-state index is 0. The molecular weight excluding hydrogens is 333 g/mol. The maximum atomic E-state index is 13.9. The van der Waals surface area contributed by atoms with E-state index < -0.39 is 35.7 Å². The minimum atomic E-state index is -1.28. The smallest absolute Gasteiger partial charge is 0.252 e. The quantitative estimate of drug-likeness (QED) is 0.891. The molecule has 8 heteroatoms. The maximum Gasteiger partial charge on any atom is 0.252 e. The van der Waals surface area contributed by atoms with Crippen LogP contribution in [0.25, 0.3) is 0 Å². The number of alkyl halides is 1. The number of rotatable bonds is 2. The SMILES string of the molecule is Cl.O=C([C@H]1CCNC[C@H]1F)N1OCCC1c1cc(F)cc(F)c1. The molecule has 2 saturated heterocycles. The number of nitrogens with zero attached hydrogens (tertiary/aromatic N) is 1. The van der Waals surface area contributed by atoms with E-state index in [1.807, 2.05) is 0 Å². The number of piperidine rings is 1. The molecule has 2 fully saturated rings. The van der Waals surface area contributed by atoms with Crippen molar-refractivity contribution < 1.29 is 22.8 Å². The number of hydrogen-bond acceptors (Lipinski definition) is 3. The first-order valence-corrected chi connectivity index (χ1v) is 7.33. The normalized spacial score (nSPS) is 27.6. The fourth-order valence-electron chi connectivity index (χ4n) is 3.02. The van der Waals surface area contributed by atoms with Crippen molar-refractivity contribution in [2.45, 2.75) is 25.1 Å². The Balaban J connectivity index is 0.00000192.